The number of benzene rings is 7. The van der Waals surface area contributed by atoms with Gasteiger partial charge in [0, 0.05) is 33.2 Å². The standard InChI is InChI=1S/C52H41N5/c1-51(2)27-28-52(3,4)44-31-46-42(30-43(44)51)47-41-16-9-8-14-36(41)23-26-45(47)57(46)40-24-21-38(22-25-40)49-54-48(55-50(56-49)39-15-10-11-33(29-39)32-53)37-19-17-35(18-20-37)34-12-6-5-7-13-34/h5-26,29-31H,27-28H2,1-4H3. The average molecular weight is 736 g/mol. The van der Waals surface area contributed by atoms with Gasteiger partial charge >= 0.3 is 0 Å². The Bertz CT molecular complexity index is 3060. The molecule has 0 amide bonds. The average Bonchev–Trinajstić information content (AvgIpc) is 3.59. The number of hydrogen-bond donors (Lipinski definition) is 0. The first-order chi connectivity index (χ1) is 27.7. The van der Waals surface area contributed by atoms with Crippen LogP contribution in [0.15, 0.2) is 152 Å². The van der Waals surface area contributed by atoms with E-state index >= 15 is 0 Å². The van der Waals surface area contributed by atoms with Crippen LogP contribution < -0.4 is 0 Å². The first-order valence-corrected chi connectivity index (χ1v) is 19.7. The Labute approximate surface area is 333 Å². The fourth-order valence-electron chi connectivity index (χ4n) is 8.82. The fourth-order valence-corrected chi connectivity index (χ4v) is 8.82. The molecule has 10 rings (SSSR count). The maximum atomic E-state index is 9.68. The molecule has 274 valence electrons. The zero-order chi connectivity index (χ0) is 38.9. The smallest absolute Gasteiger partial charge is 0.164 e. The summed E-state index contributed by atoms with van der Waals surface area (Å²) in [6.45, 7) is 9.60. The van der Waals surface area contributed by atoms with E-state index in [0.29, 0.717) is 23.0 Å². The van der Waals surface area contributed by atoms with Crippen molar-refractivity contribution in [3.8, 4) is 57.0 Å². The molecule has 9 aromatic rings. The maximum absolute atomic E-state index is 9.68. The lowest BCUT2D eigenvalue weighted by Crippen LogP contribution is -2.33. The molecule has 0 aliphatic heterocycles. The van der Waals surface area contributed by atoms with E-state index in [9.17, 15) is 5.26 Å². The molecule has 0 spiro atoms. The number of nitriles is 1. The molecule has 2 aromatic heterocycles. The largest absolute Gasteiger partial charge is 0.309 e. The SMILES string of the molecule is CC1(C)CCC(C)(C)c2cc3c(cc21)c1c2ccccc2ccc1n3-c1ccc(-c2nc(-c3ccc(-c4ccccc4)cc3)nc(-c3cccc(C#N)c3)n2)cc1. The molecule has 57 heavy (non-hydrogen) atoms. The Balaban J connectivity index is 1.13. The lowest BCUT2D eigenvalue weighted by Gasteiger charge is -2.42. The van der Waals surface area contributed by atoms with E-state index in [1.807, 2.05) is 36.4 Å². The molecular weight excluding hydrogens is 695 g/mol. The normalized spacial score (nSPS) is 14.4. The topological polar surface area (TPSA) is 67.4 Å². The Morgan fingerprint density at radius 1 is 0.491 bits per heavy atom. The Morgan fingerprint density at radius 2 is 1.05 bits per heavy atom. The molecule has 7 aromatic carbocycles. The number of rotatable bonds is 5. The summed E-state index contributed by atoms with van der Waals surface area (Å²) in [7, 11) is 0. The molecular formula is C52H41N5. The van der Waals surface area contributed by atoms with Gasteiger partial charge in [0.15, 0.2) is 17.5 Å². The third-order valence-electron chi connectivity index (χ3n) is 12.1. The molecule has 0 bridgehead atoms. The maximum Gasteiger partial charge on any atom is 0.164 e. The van der Waals surface area contributed by atoms with Gasteiger partial charge in [0.05, 0.1) is 22.7 Å². The highest BCUT2D eigenvalue weighted by Gasteiger charge is 2.38. The predicted molar refractivity (Wildman–Crippen MR) is 233 cm³/mol. The predicted octanol–water partition coefficient (Wildman–Crippen LogP) is 13.0. The third-order valence-corrected chi connectivity index (χ3v) is 12.1. The van der Waals surface area contributed by atoms with Crippen molar-refractivity contribution in [1.82, 2.24) is 19.5 Å². The minimum Gasteiger partial charge on any atom is -0.309 e. The van der Waals surface area contributed by atoms with Crippen LogP contribution in [0.3, 0.4) is 0 Å². The third kappa shape index (κ3) is 5.88. The zero-order valence-electron chi connectivity index (χ0n) is 32.6. The van der Waals surface area contributed by atoms with Gasteiger partial charge in [-0.25, -0.2) is 15.0 Å². The molecule has 1 aliphatic carbocycles. The van der Waals surface area contributed by atoms with Crippen LogP contribution in [0.4, 0.5) is 0 Å². The second-order valence-electron chi connectivity index (χ2n) is 16.7. The summed E-state index contributed by atoms with van der Waals surface area (Å²) in [5, 5.41) is 14.8. The van der Waals surface area contributed by atoms with Gasteiger partial charge in [0.1, 0.15) is 0 Å². The van der Waals surface area contributed by atoms with Crippen molar-refractivity contribution in [2.24, 2.45) is 0 Å². The van der Waals surface area contributed by atoms with Gasteiger partial charge in [0.25, 0.3) is 0 Å². The van der Waals surface area contributed by atoms with Gasteiger partial charge in [-0.05, 0) is 111 Å². The van der Waals surface area contributed by atoms with Crippen LogP contribution in [-0.2, 0) is 10.8 Å². The lowest BCUT2D eigenvalue weighted by molar-refractivity contribution is 0.332. The van der Waals surface area contributed by atoms with E-state index in [4.69, 9.17) is 15.0 Å². The summed E-state index contributed by atoms with van der Waals surface area (Å²) in [5.74, 6) is 1.67. The van der Waals surface area contributed by atoms with Gasteiger partial charge in [-0.2, -0.15) is 5.26 Å². The Morgan fingerprint density at radius 3 is 1.74 bits per heavy atom. The molecule has 2 heterocycles. The van der Waals surface area contributed by atoms with Crippen LogP contribution in [-0.4, -0.2) is 19.5 Å². The van der Waals surface area contributed by atoms with E-state index < -0.39 is 0 Å². The van der Waals surface area contributed by atoms with Gasteiger partial charge in [-0.15, -0.1) is 0 Å². The molecule has 0 N–H and O–H groups in total. The Kier molecular flexibility index (Phi) is 7.95. The second kappa shape index (κ2) is 13.1. The van der Waals surface area contributed by atoms with E-state index in [-0.39, 0.29) is 10.8 Å². The summed E-state index contributed by atoms with van der Waals surface area (Å²) in [4.78, 5) is 15.0. The van der Waals surface area contributed by atoms with Crippen molar-refractivity contribution in [2.75, 3.05) is 0 Å². The molecule has 5 heteroatoms. The highest BCUT2D eigenvalue weighted by Crippen LogP contribution is 2.49. The fraction of sp³-hybridized carbons (Fsp3) is 0.154. The summed E-state index contributed by atoms with van der Waals surface area (Å²) < 4.78 is 2.44. The van der Waals surface area contributed by atoms with Gasteiger partial charge in [-0.3, -0.25) is 0 Å². The summed E-state index contributed by atoms with van der Waals surface area (Å²) in [6, 6.07) is 55.2. The molecule has 5 nitrogen and oxygen atoms in total. The van der Waals surface area contributed by atoms with Crippen LogP contribution in [0, 0.1) is 11.3 Å². The Hall–Kier alpha value is -6.90. The summed E-state index contributed by atoms with van der Waals surface area (Å²) in [5.41, 5.74) is 11.9. The minimum atomic E-state index is 0.0783. The molecule has 0 atom stereocenters. The van der Waals surface area contributed by atoms with Crippen molar-refractivity contribution in [1.29, 1.82) is 5.26 Å². The molecule has 0 saturated heterocycles. The van der Waals surface area contributed by atoms with Crippen LogP contribution in [0.25, 0.3) is 83.6 Å². The van der Waals surface area contributed by atoms with Crippen molar-refractivity contribution >= 4 is 32.6 Å². The van der Waals surface area contributed by atoms with Crippen LogP contribution in [0.5, 0.6) is 0 Å². The molecule has 1 aliphatic rings. The van der Waals surface area contributed by atoms with Crippen molar-refractivity contribution in [2.45, 2.75) is 51.4 Å². The van der Waals surface area contributed by atoms with Crippen LogP contribution >= 0.6 is 0 Å². The van der Waals surface area contributed by atoms with Gasteiger partial charge in [-0.1, -0.05) is 125 Å². The van der Waals surface area contributed by atoms with Crippen molar-refractivity contribution in [3.05, 3.63) is 168 Å². The molecule has 0 fully saturated rings. The summed E-state index contributed by atoms with van der Waals surface area (Å²) >= 11 is 0. The van der Waals surface area contributed by atoms with Crippen LogP contribution in [0.1, 0.15) is 57.2 Å². The molecule has 0 unspecified atom stereocenters. The number of hydrogen-bond acceptors (Lipinski definition) is 4. The van der Waals surface area contributed by atoms with Crippen molar-refractivity contribution in [3.63, 3.8) is 0 Å². The molecule has 0 radical (unpaired) electrons. The van der Waals surface area contributed by atoms with Crippen LogP contribution in [0.2, 0.25) is 0 Å². The van der Waals surface area contributed by atoms with E-state index in [1.54, 1.807) is 6.07 Å². The summed E-state index contributed by atoms with van der Waals surface area (Å²) in [6.07, 6.45) is 2.33. The van der Waals surface area contributed by atoms with Gasteiger partial charge in [0.2, 0.25) is 0 Å². The highest BCUT2D eigenvalue weighted by molar-refractivity contribution is 6.21. The monoisotopic (exact) mass is 735 g/mol. The zero-order valence-corrected chi connectivity index (χ0v) is 32.6. The quantitative estimate of drug-likeness (QED) is 0.176. The van der Waals surface area contributed by atoms with E-state index in [0.717, 1.165) is 39.9 Å². The number of fused-ring (bicyclic) bond motifs is 6. The van der Waals surface area contributed by atoms with E-state index in [2.05, 4.69) is 148 Å². The van der Waals surface area contributed by atoms with E-state index in [1.165, 1.54) is 50.1 Å². The van der Waals surface area contributed by atoms with Gasteiger partial charge < -0.3 is 4.57 Å². The first-order valence-electron chi connectivity index (χ1n) is 19.7. The number of aromatic nitrogens is 4. The van der Waals surface area contributed by atoms with Crippen molar-refractivity contribution < 1.29 is 0 Å². The number of nitrogens with zero attached hydrogens (tertiary/aromatic N) is 5. The second-order valence-corrected chi connectivity index (χ2v) is 16.7. The lowest BCUT2D eigenvalue weighted by atomic mass is 9.63. The molecule has 0 saturated carbocycles. The first kappa shape index (κ1) is 34.6. The minimum absolute atomic E-state index is 0.0783. The highest BCUT2D eigenvalue weighted by atomic mass is 15.0.